The Bertz CT molecular complexity index is 1310. The van der Waals surface area contributed by atoms with Gasteiger partial charge < -0.3 is 10.2 Å². The lowest BCUT2D eigenvalue weighted by Gasteiger charge is -2.39. The van der Waals surface area contributed by atoms with Gasteiger partial charge in [0, 0.05) is 31.1 Å². The molecule has 1 atom stereocenters. The summed E-state index contributed by atoms with van der Waals surface area (Å²) in [6, 6.07) is 4.66. The first-order valence-electron chi connectivity index (χ1n) is 10.6. The standard InChI is InChI=1S/C23H19F4N5O2S/c1-22-4-3-5-31(18-8-16(24)13(7-15(18)22)20(34)29-2)21(35)32(19(33)9-22)12-6-14(23(25,26)27)17(10-28)30-11-12/h6-8,11H,3-5,9H2,1-2H3,(H,29,34). The van der Waals surface area contributed by atoms with Gasteiger partial charge in [0.25, 0.3) is 5.91 Å². The van der Waals surface area contributed by atoms with Gasteiger partial charge in [-0.05, 0) is 48.8 Å². The van der Waals surface area contributed by atoms with Gasteiger partial charge in [-0.1, -0.05) is 6.92 Å². The van der Waals surface area contributed by atoms with Crippen molar-refractivity contribution in [1.29, 1.82) is 5.26 Å². The third kappa shape index (κ3) is 4.10. The number of pyridine rings is 1. The molecule has 1 aromatic heterocycles. The van der Waals surface area contributed by atoms with Crippen molar-refractivity contribution in [3.05, 3.63) is 52.6 Å². The van der Waals surface area contributed by atoms with E-state index in [-0.39, 0.29) is 29.3 Å². The van der Waals surface area contributed by atoms with Gasteiger partial charge >= 0.3 is 6.18 Å². The van der Waals surface area contributed by atoms with Crippen LogP contribution in [0.3, 0.4) is 0 Å². The highest BCUT2D eigenvalue weighted by atomic mass is 32.1. The predicted molar refractivity (Wildman–Crippen MR) is 122 cm³/mol. The first kappa shape index (κ1) is 24.5. The number of halogens is 4. The lowest BCUT2D eigenvalue weighted by Crippen LogP contribution is -2.49. The van der Waals surface area contributed by atoms with Crippen LogP contribution >= 0.6 is 12.2 Å². The normalized spacial score (nSPS) is 20.0. The van der Waals surface area contributed by atoms with Crippen LogP contribution in [0.1, 0.15) is 53.4 Å². The van der Waals surface area contributed by atoms with Crippen LogP contribution in [0.15, 0.2) is 24.4 Å². The van der Waals surface area contributed by atoms with Crippen LogP contribution in [0.5, 0.6) is 0 Å². The molecule has 12 heteroatoms. The van der Waals surface area contributed by atoms with E-state index in [1.165, 1.54) is 30.1 Å². The van der Waals surface area contributed by atoms with Crippen LogP contribution in [0.2, 0.25) is 0 Å². The van der Waals surface area contributed by atoms with Crippen molar-refractivity contribution in [1.82, 2.24) is 10.3 Å². The molecular formula is C23H19F4N5O2S. The molecule has 0 saturated carbocycles. The van der Waals surface area contributed by atoms with Crippen molar-refractivity contribution < 1.29 is 27.2 Å². The number of anilines is 2. The molecule has 2 bridgehead atoms. The average molecular weight is 505 g/mol. The number of carbonyl (C=O) groups excluding carboxylic acids is 2. The minimum absolute atomic E-state index is 0.146. The fraction of sp³-hybridized carbons (Fsp3) is 0.348. The minimum atomic E-state index is -4.88. The first-order valence-corrected chi connectivity index (χ1v) is 11.0. The van der Waals surface area contributed by atoms with Gasteiger partial charge in [-0.3, -0.25) is 14.5 Å². The van der Waals surface area contributed by atoms with Crippen LogP contribution in [0.4, 0.5) is 28.9 Å². The number of nitrogens with one attached hydrogen (secondary N) is 1. The summed E-state index contributed by atoms with van der Waals surface area (Å²) in [4.78, 5) is 31.7. The smallest absolute Gasteiger partial charge is 0.355 e. The van der Waals surface area contributed by atoms with Gasteiger partial charge in [-0.15, -0.1) is 0 Å². The maximum Gasteiger partial charge on any atom is 0.419 e. The van der Waals surface area contributed by atoms with E-state index in [4.69, 9.17) is 17.5 Å². The summed E-state index contributed by atoms with van der Waals surface area (Å²) in [7, 11) is 1.37. The van der Waals surface area contributed by atoms with E-state index in [1.54, 1.807) is 6.92 Å². The molecule has 0 fully saturated rings. The first-order chi connectivity index (χ1) is 16.4. The van der Waals surface area contributed by atoms with Crippen LogP contribution in [-0.2, 0) is 16.4 Å². The highest BCUT2D eigenvalue weighted by Gasteiger charge is 2.44. The summed E-state index contributed by atoms with van der Waals surface area (Å²) in [6.07, 6.45) is -2.99. The monoisotopic (exact) mass is 505 g/mol. The van der Waals surface area contributed by atoms with Crippen molar-refractivity contribution in [2.75, 3.05) is 23.4 Å². The highest BCUT2D eigenvalue weighted by Crippen LogP contribution is 2.45. The Morgan fingerprint density at radius 2 is 2.03 bits per heavy atom. The second kappa shape index (κ2) is 8.57. The number of rotatable bonds is 2. The fourth-order valence-corrected chi connectivity index (χ4v) is 5.02. The van der Waals surface area contributed by atoms with E-state index in [0.717, 1.165) is 11.1 Å². The number of aromatic nitrogens is 1. The number of benzene rings is 1. The van der Waals surface area contributed by atoms with Gasteiger partial charge in [0.2, 0.25) is 5.91 Å². The topological polar surface area (TPSA) is 89.3 Å². The summed E-state index contributed by atoms with van der Waals surface area (Å²) in [6.45, 7) is 2.07. The summed E-state index contributed by atoms with van der Waals surface area (Å²) in [5, 5.41) is 11.3. The molecule has 0 radical (unpaired) electrons. The maximum atomic E-state index is 14.9. The van der Waals surface area contributed by atoms with E-state index in [9.17, 15) is 27.2 Å². The van der Waals surface area contributed by atoms with Gasteiger partial charge in [0.15, 0.2) is 10.8 Å². The van der Waals surface area contributed by atoms with Crippen LogP contribution < -0.4 is 15.1 Å². The largest absolute Gasteiger partial charge is 0.419 e. The van der Waals surface area contributed by atoms with E-state index < -0.39 is 40.5 Å². The second-order valence-electron chi connectivity index (χ2n) is 8.63. The van der Waals surface area contributed by atoms with Gasteiger partial charge in [-0.25, -0.2) is 9.37 Å². The third-order valence-corrected chi connectivity index (χ3v) is 6.77. The lowest BCUT2D eigenvalue weighted by atomic mass is 9.74. The molecule has 0 spiro atoms. The van der Waals surface area contributed by atoms with E-state index in [2.05, 4.69) is 10.3 Å². The Balaban J connectivity index is 1.91. The highest BCUT2D eigenvalue weighted by molar-refractivity contribution is 7.81. The molecule has 2 aliphatic heterocycles. The quantitative estimate of drug-likeness (QED) is 0.490. The molecule has 182 valence electrons. The number of nitriles is 1. The Kier molecular flexibility index (Phi) is 6.00. The molecule has 4 rings (SSSR count). The van der Waals surface area contributed by atoms with Crippen molar-refractivity contribution in [3.8, 4) is 6.07 Å². The zero-order valence-corrected chi connectivity index (χ0v) is 19.5. The molecule has 3 heterocycles. The molecule has 2 aliphatic rings. The number of thiocarbonyl (C=S) groups is 1. The molecule has 7 nitrogen and oxygen atoms in total. The zero-order valence-electron chi connectivity index (χ0n) is 18.7. The third-order valence-electron chi connectivity index (χ3n) is 6.36. The molecule has 0 saturated heterocycles. The average Bonchev–Trinajstić information content (AvgIpc) is 2.90. The van der Waals surface area contributed by atoms with Crippen molar-refractivity contribution in [3.63, 3.8) is 0 Å². The molecule has 1 N–H and O–H groups in total. The number of amides is 2. The summed E-state index contributed by atoms with van der Waals surface area (Å²) < 4.78 is 55.6. The Hall–Kier alpha value is -3.59. The molecule has 2 aromatic rings. The summed E-state index contributed by atoms with van der Waals surface area (Å²) in [5.41, 5.74) is -2.49. The maximum absolute atomic E-state index is 14.9. The SMILES string of the molecule is CNC(=O)c1cc2c(cc1F)N1CCCC2(C)CC(=O)N(c2cnc(C#N)c(C(F)(F)F)c2)C1=S. The molecule has 0 aliphatic carbocycles. The van der Waals surface area contributed by atoms with Crippen molar-refractivity contribution in [2.24, 2.45) is 0 Å². The van der Waals surface area contributed by atoms with Gasteiger partial charge in [0.05, 0.1) is 23.0 Å². The predicted octanol–water partition coefficient (Wildman–Crippen LogP) is 4.05. The van der Waals surface area contributed by atoms with E-state index in [0.29, 0.717) is 30.2 Å². The van der Waals surface area contributed by atoms with Crippen LogP contribution in [-0.4, -0.2) is 35.5 Å². The lowest BCUT2D eigenvalue weighted by molar-refractivity contribution is -0.138. The van der Waals surface area contributed by atoms with Crippen LogP contribution in [0, 0.1) is 17.1 Å². The molecule has 1 aromatic carbocycles. The molecular weight excluding hydrogens is 486 g/mol. The molecule has 2 amide bonds. The number of alkyl halides is 3. The second-order valence-corrected chi connectivity index (χ2v) is 9.00. The number of carbonyl (C=O) groups is 2. The van der Waals surface area contributed by atoms with Gasteiger partial charge in [-0.2, -0.15) is 18.4 Å². The summed E-state index contributed by atoms with van der Waals surface area (Å²) >= 11 is 5.55. The number of hydrogen-bond donors (Lipinski definition) is 1. The number of nitrogens with zero attached hydrogens (tertiary/aromatic N) is 4. The minimum Gasteiger partial charge on any atom is -0.355 e. The molecule has 1 unspecified atom stereocenters. The fourth-order valence-electron chi connectivity index (χ4n) is 4.62. The zero-order chi connectivity index (χ0) is 25.7. The van der Waals surface area contributed by atoms with Crippen molar-refractivity contribution in [2.45, 2.75) is 37.8 Å². The molecule has 35 heavy (non-hydrogen) atoms. The Morgan fingerprint density at radius 3 is 2.66 bits per heavy atom. The van der Waals surface area contributed by atoms with E-state index in [1.807, 2.05) is 0 Å². The number of hydrogen-bond acceptors (Lipinski definition) is 5. The summed E-state index contributed by atoms with van der Waals surface area (Å²) in [5.74, 6) is -2.00. The van der Waals surface area contributed by atoms with Crippen LogP contribution in [0.25, 0.3) is 0 Å². The Morgan fingerprint density at radius 1 is 1.31 bits per heavy atom. The van der Waals surface area contributed by atoms with Gasteiger partial charge in [0.1, 0.15) is 11.9 Å². The Labute approximate surface area is 203 Å². The van der Waals surface area contributed by atoms with E-state index >= 15 is 0 Å². The van der Waals surface area contributed by atoms with Crippen molar-refractivity contribution >= 4 is 40.5 Å².